The van der Waals surface area contributed by atoms with Gasteiger partial charge in [-0.15, -0.1) is 11.8 Å². The van der Waals surface area contributed by atoms with Gasteiger partial charge in [-0.1, -0.05) is 23.7 Å². The van der Waals surface area contributed by atoms with Crippen molar-refractivity contribution in [1.82, 2.24) is 4.90 Å². The minimum Gasteiger partial charge on any atom is -0.481 e. The maximum absolute atomic E-state index is 12.2. The van der Waals surface area contributed by atoms with Crippen LogP contribution in [0.15, 0.2) is 29.2 Å². The highest BCUT2D eigenvalue weighted by Crippen LogP contribution is 2.27. The van der Waals surface area contributed by atoms with Crippen LogP contribution in [0.1, 0.15) is 19.3 Å². The van der Waals surface area contributed by atoms with Crippen LogP contribution < -0.4 is 0 Å². The molecule has 1 unspecified atom stereocenters. The van der Waals surface area contributed by atoms with E-state index in [1.807, 2.05) is 18.2 Å². The van der Waals surface area contributed by atoms with Crippen LogP contribution in [0.3, 0.4) is 0 Å². The lowest BCUT2D eigenvalue weighted by Gasteiger charge is -2.32. The van der Waals surface area contributed by atoms with Crippen LogP contribution in [0.25, 0.3) is 0 Å². The summed E-state index contributed by atoms with van der Waals surface area (Å²) in [5.41, 5.74) is 0. The van der Waals surface area contributed by atoms with E-state index >= 15 is 0 Å². The van der Waals surface area contributed by atoms with E-state index in [4.69, 9.17) is 16.7 Å². The molecule has 1 heterocycles. The smallest absolute Gasteiger partial charge is 0.303 e. The molecule has 6 heteroatoms. The second kappa shape index (κ2) is 7.71. The van der Waals surface area contributed by atoms with Gasteiger partial charge in [-0.05, 0) is 30.9 Å². The van der Waals surface area contributed by atoms with E-state index in [-0.39, 0.29) is 18.2 Å². The normalized spacial score (nSPS) is 18.5. The number of amides is 1. The molecule has 21 heavy (non-hydrogen) atoms. The van der Waals surface area contributed by atoms with E-state index in [2.05, 4.69) is 0 Å². The van der Waals surface area contributed by atoms with Crippen LogP contribution in [-0.4, -0.2) is 40.7 Å². The summed E-state index contributed by atoms with van der Waals surface area (Å²) in [6, 6.07) is 7.44. The van der Waals surface area contributed by atoms with Gasteiger partial charge >= 0.3 is 5.97 Å². The van der Waals surface area contributed by atoms with Crippen LogP contribution in [0.5, 0.6) is 0 Å². The Labute approximate surface area is 133 Å². The average Bonchev–Trinajstić information content (AvgIpc) is 2.45. The van der Waals surface area contributed by atoms with Crippen molar-refractivity contribution >= 4 is 35.2 Å². The Morgan fingerprint density at radius 3 is 2.86 bits per heavy atom. The molecule has 1 atom stereocenters. The fraction of sp³-hybridized carbons (Fsp3) is 0.467. The lowest BCUT2D eigenvalue weighted by molar-refractivity contribution is -0.140. The van der Waals surface area contributed by atoms with E-state index in [0.717, 1.165) is 24.3 Å². The number of carboxylic acid groups (broad SMARTS) is 1. The molecule has 114 valence electrons. The van der Waals surface area contributed by atoms with Gasteiger partial charge in [0.2, 0.25) is 5.91 Å². The molecular formula is C15H18ClNO3S. The average molecular weight is 328 g/mol. The molecule has 1 fully saturated rings. The zero-order valence-corrected chi connectivity index (χ0v) is 13.2. The van der Waals surface area contributed by atoms with Gasteiger partial charge in [0, 0.05) is 24.4 Å². The monoisotopic (exact) mass is 327 g/mol. The van der Waals surface area contributed by atoms with Crippen LogP contribution in [0.4, 0.5) is 0 Å². The molecule has 0 aromatic heterocycles. The van der Waals surface area contributed by atoms with Crippen molar-refractivity contribution in [2.45, 2.75) is 24.2 Å². The number of halogens is 1. The van der Waals surface area contributed by atoms with Gasteiger partial charge in [0.15, 0.2) is 0 Å². The summed E-state index contributed by atoms with van der Waals surface area (Å²) >= 11 is 7.49. The largest absolute Gasteiger partial charge is 0.481 e. The third kappa shape index (κ3) is 4.93. The highest BCUT2D eigenvalue weighted by molar-refractivity contribution is 8.00. The summed E-state index contributed by atoms with van der Waals surface area (Å²) in [4.78, 5) is 25.7. The molecule has 0 spiro atoms. The van der Waals surface area contributed by atoms with Crippen LogP contribution in [0.2, 0.25) is 5.02 Å². The highest BCUT2D eigenvalue weighted by Gasteiger charge is 2.25. The zero-order valence-electron chi connectivity index (χ0n) is 11.6. The number of hydrogen-bond donors (Lipinski definition) is 1. The standard InChI is InChI=1S/C15H18ClNO3S/c16-12-5-1-2-6-13(12)21-10-14(18)17-7-3-4-11(9-17)8-15(19)20/h1-2,5-6,11H,3-4,7-10H2,(H,19,20). The number of hydrogen-bond acceptors (Lipinski definition) is 3. The van der Waals surface area contributed by atoms with Crippen LogP contribution in [0, 0.1) is 5.92 Å². The second-order valence-corrected chi connectivity index (χ2v) is 6.59. The first-order valence-corrected chi connectivity index (χ1v) is 8.29. The van der Waals surface area contributed by atoms with Crippen molar-refractivity contribution in [3.63, 3.8) is 0 Å². The summed E-state index contributed by atoms with van der Waals surface area (Å²) in [5, 5.41) is 9.50. The number of carbonyl (C=O) groups excluding carboxylic acids is 1. The number of likely N-dealkylation sites (tertiary alicyclic amines) is 1. The first-order valence-electron chi connectivity index (χ1n) is 6.93. The molecular weight excluding hydrogens is 310 g/mol. The van der Waals surface area contributed by atoms with Gasteiger partial charge in [0.25, 0.3) is 0 Å². The van der Waals surface area contributed by atoms with Gasteiger partial charge in [-0.25, -0.2) is 0 Å². The number of rotatable bonds is 5. The Morgan fingerprint density at radius 2 is 2.14 bits per heavy atom. The lowest BCUT2D eigenvalue weighted by atomic mass is 9.95. The Balaban J connectivity index is 1.85. The molecule has 0 radical (unpaired) electrons. The fourth-order valence-corrected chi connectivity index (χ4v) is 3.64. The van der Waals surface area contributed by atoms with E-state index in [9.17, 15) is 9.59 Å². The summed E-state index contributed by atoms with van der Waals surface area (Å²) in [7, 11) is 0. The second-order valence-electron chi connectivity index (χ2n) is 5.16. The van der Waals surface area contributed by atoms with Crippen molar-refractivity contribution in [2.24, 2.45) is 5.92 Å². The Morgan fingerprint density at radius 1 is 1.38 bits per heavy atom. The Kier molecular flexibility index (Phi) is 5.94. The maximum atomic E-state index is 12.2. The van der Waals surface area contributed by atoms with Gasteiger partial charge in [-0.3, -0.25) is 9.59 Å². The predicted octanol–water partition coefficient (Wildman–Crippen LogP) is 3.15. The zero-order chi connectivity index (χ0) is 15.2. The van der Waals surface area contributed by atoms with Gasteiger partial charge in [-0.2, -0.15) is 0 Å². The number of thioether (sulfide) groups is 1. The predicted molar refractivity (Wildman–Crippen MR) is 83.7 cm³/mol. The number of benzene rings is 1. The molecule has 1 amide bonds. The molecule has 0 aliphatic carbocycles. The molecule has 4 nitrogen and oxygen atoms in total. The number of aliphatic carboxylic acids is 1. The highest BCUT2D eigenvalue weighted by atomic mass is 35.5. The minimum absolute atomic E-state index is 0.0509. The van der Waals surface area contributed by atoms with Crippen molar-refractivity contribution in [3.8, 4) is 0 Å². The fourth-order valence-electron chi connectivity index (χ4n) is 2.50. The molecule has 2 rings (SSSR count). The number of carboxylic acids is 1. The first kappa shape index (κ1) is 16.2. The van der Waals surface area contributed by atoms with Crippen molar-refractivity contribution < 1.29 is 14.7 Å². The van der Waals surface area contributed by atoms with Gasteiger partial charge < -0.3 is 10.0 Å². The Bertz CT molecular complexity index is 523. The van der Waals surface area contributed by atoms with Gasteiger partial charge in [0.1, 0.15) is 0 Å². The minimum atomic E-state index is -0.792. The van der Waals surface area contributed by atoms with Crippen molar-refractivity contribution in [3.05, 3.63) is 29.3 Å². The van der Waals surface area contributed by atoms with Crippen molar-refractivity contribution in [1.29, 1.82) is 0 Å². The molecule has 0 saturated carbocycles. The summed E-state index contributed by atoms with van der Waals surface area (Å²) < 4.78 is 0. The quantitative estimate of drug-likeness (QED) is 0.844. The molecule has 1 aromatic carbocycles. The summed E-state index contributed by atoms with van der Waals surface area (Å²) in [6.07, 6.45) is 1.90. The van der Waals surface area contributed by atoms with E-state index < -0.39 is 5.97 Å². The number of piperidine rings is 1. The van der Waals surface area contributed by atoms with Crippen molar-refractivity contribution in [2.75, 3.05) is 18.8 Å². The van der Waals surface area contributed by atoms with E-state index in [0.29, 0.717) is 17.3 Å². The van der Waals surface area contributed by atoms with Crippen LogP contribution >= 0.6 is 23.4 Å². The summed E-state index contributed by atoms with van der Waals surface area (Å²) in [5.74, 6) is -0.330. The van der Waals surface area contributed by atoms with E-state index in [1.54, 1.807) is 11.0 Å². The first-order chi connectivity index (χ1) is 10.1. The molecule has 1 N–H and O–H groups in total. The SMILES string of the molecule is O=C(O)CC1CCCN(C(=O)CSc2ccccc2Cl)C1. The maximum Gasteiger partial charge on any atom is 0.303 e. The molecule has 0 bridgehead atoms. The third-order valence-electron chi connectivity index (χ3n) is 3.52. The molecule has 1 aliphatic rings. The van der Waals surface area contributed by atoms with Crippen LogP contribution in [-0.2, 0) is 9.59 Å². The lowest BCUT2D eigenvalue weighted by Crippen LogP contribution is -2.41. The number of nitrogens with zero attached hydrogens (tertiary/aromatic N) is 1. The number of carbonyl (C=O) groups is 2. The summed E-state index contributed by atoms with van der Waals surface area (Å²) in [6.45, 7) is 1.27. The molecule has 1 aromatic rings. The van der Waals surface area contributed by atoms with Gasteiger partial charge in [0.05, 0.1) is 10.8 Å². The molecule has 1 aliphatic heterocycles. The Hall–Kier alpha value is -1.20. The third-order valence-corrected chi connectivity index (χ3v) is 5.02. The molecule has 1 saturated heterocycles. The van der Waals surface area contributed by atoms with E-state index in [1.165, 1.54) is 11.8 Å². The topological polar surface area (TPSA) is 57.6 Å².